The monoisotopic (exact) mass is 394 g/mol. The van der Waals surface area contributed by atoms with E-state index in [9.17, 15) is 4.79 Å². The summed E-state index contributed by atoms with van der Waals surface area (Å²) in [5.74, 6) is 0.579. The first-order valence-electron chi connectivity index (χ1n) is 10.6. The molecule has 0 bridgehead atoms. The van der Waals surface area contributed by atoms with Crippen molar-refractivity contribution in [2.45, 2.75) is 52.5 Å². The number of urea groups is 1. The summed E-state index contributed by atoms with van der Waals surface area (Å²) in [6.07, 6.45) is 9.52. The van der Waals surface area contributed by atoms with Crippen LogP contribution in [0.5, 0.6) is 0 Å². The van der Waals surface area contributed by atoms with Crippen LogP contribution in [0.15, 0.2) is 30.7 Å². The first-order valence-corrected chi connectivity index (χ1v) is 10.6. The van der Waals surface area contributed by atoms with Gasteiger partial charge >= 0.3 is 6.03 Å². The van der Waals surface area contributed by atoms with E-state index in [4.69, 9.17) is 0 Å². The molecule has 2 heterocycles. The molecule has 1 fully saturated rings. The van der Waals surface area contributed by atoms with Gasteiger partial charge in [-0.25, -0.2) is 9.78 Å². The van der Waals surface area contributed by atoms with Crippen molar-refractivity contribution in [2.75, 3.05) is 18.0 Å². The molecule has 0 radical (unpaired) electrons. The minimum absolute atomic E-state index is 0.0141. The summed E-state index contributed by atoms with van der Waals surface area (Å²) >= 11 is 0. The number of hydrogen-bond donors (Lipinski definition) is 2. The molecule has 0 atom stereocenters. The van der Waals surface area contributed by atoms with Gasteiger partial charge in [-0.15, -0.1) is 0 Å². The Morgan fingerprint density at radius 3 is 2.90 bits per heavy atom. The van der Waals surface area contributed by atoms with Gasteiger partial charge in [0, 0.05) is 48.3 Å². The van der Waals surface area contributed by atoms with Crippen LogP contribution in [-0.4, -0.2) is 38.9 Å². The molecule has 1 aromatic carbocycles. The lowest BCUT2D eigenvalue weighted by molar-refractivity contribution is 0.244. The number of rotatable bonds is 7. The van der Waals surface area contributed by atoms with Gasteiger partial charge in [-0.1, -0.05) is 12.8 Å². The maximum atomic E-state index is 13.1. The van der Waals surface area contributed by atoms with E-state index >= 15 is 0 Å². The van der Waals surface area contributed by atoms with Crippen LogP contribution >= 0.6 is 0 Å². The molecule has 7 heteroatoms. The fourth-order valence-electron chi connectivity index (χ4n) is 4.21. The number of fused-ring (bicyclic) bond motifs is 1. The summed E-state index contributed by atoms with van der Waals surface area (Å²) < 4.78 is 2.11. The lowest BCUT2D eigenvalue weighted by Gasteiger charge is -2.26. The summed E-state index contributed by atoms with van der Waals surface area (Å²) in [7, 11) is 0. The normalized spacial score (nSPS) is 14.6. The van der Waals surface area contributed by atoms with Crippen molar-refractivity contribution in [3.05, 3.63) is 42.1 Å². The first kappa shape index (κ1) is 19.5. The standard InChI is InChI=1S/C22H30N6O/c1-16-13-23-15-27(16)11-5-10-24-22(29)28(14-18-6-3-4-7-18)19-8-9-21-20(12-19)17(2)25-26-21/h8-9,12-13,15,18H,3-7,10-11,14H2,1-2H3,(H,24,29)(H,25,26). The number of hydrogen-bond acceptors (Lipinski definition) is 3. The van der Waals surface area contributed by atoms with Gasteiger partial charge < -0.3 is 9.88 Å². The van der Waals surface area contributed by atoms with Crippen LogP contribution < -0.4 is 10.2 Å². The number of H-pyrrole nitrogens is 1. The van der Waals surface area contributed by atoms with E-state index in [1.807, 2.05) is 43.4 Å². The van der Waals surface area contributed by atoms with Crippen molar-refractivity contribution < 1.29 is 4.79 Å². The summed E-state index contributed by atoms with van der Waals surface area (Å²) in [6.45, 7) is 6.33. The average molecular weight is 395 g/mol. The van der Waals surface area contributed by atoms with Crippen LogP contribution in [-0.2, 0) is 6.54 Å². The number of aromatic amines is 1. The zero-order valence-corrected chi connectivity index (χ0v) is 17.3. The number of carbonyl (C=O) groups is 1. The highest BCUT2D eigenvalue weighted by Crippen LogP contribution is 2.29. The van der Waals surface area contributed by atoms with E-state index in [-0.39, 0.29) is 6.03 Å². The van der Waals surface area contributed by atoms with Crippen LogP contribution in [0.1, 0.15) is 43.5 Å². The molecule has 2 aromatic heterocycles. The van der Waals surface area contributed by atoms with Crippen molar-refractivity contribution in [3.63, 3.8) is 0 Å². The van der Waals surface area contributed by atoms with Gasteiger partial charge in [-0.05, 0) is 57.2 Å². The number of aromatic nitrogens is 4. The Bertz CT molecular complexity index is 969. The van der Waals surface area contributed by atoms with Crippen LogP contribution in [0, 0.1) is 19.8 Å². The SMILES string of the molecule is Cc1[nH]nc2ccc(N(CC3CCCC3)C(=O)NCCCn3cncc3C)cc12. The summed E-state index contributed by atoms with van der Waals surface area (Å²) in [5.41, 5.74) is 4.04. The van der Waals surface area contributed by atoms with Gasteiger partial charge in [-0.2, -0.15) is 5.10 Å². The highest BCUT2D eigenvalue weighted by Gasteiger charge is 2.23. The number of nitrogens with zero attached hydrogens (tertiary/aromatic N) is 4. The average Bonchev–Trinajstić information content (AvgIpc) is 3.46. The zero-order valence-electron chi connectivity index (χ0n) is 17.3. The molecule has 1 aliphatic rings. The van der Waals surface area contributed by atoms with Crippen LogP contribution in [0.2, 0.25) is 0 Å². The van der Waals surface area contributed by atoms with Crippen LogP contribution in [0.25, 0.3) is 10.9 Å². The maximum absolute atomic E-state index is 13.1. The van der Waals surface area contributed by atoms with Crippen molar-refractivity contribution in [1.29, 1.82) is 0 Å². The molecule has 2 amide bonds. The molecule has 154 valence electrons. The maximum Gasteiger partial charge on any atom is 0.321 e. The second-order valence-electron chi connectivity index (χ2n) is 8.13. The predicted molar refractivity (Wildman–Crippen MR) is 115 cm³/mol. The first-order chi connectivity index (χ1) is 14.1. The Labute approximate surface area is 171 Å². The number of benzene rings is 1. The third-order valence-corrected chi connectivity index (χ3v) is 5.97. The predicted octanol–water partition coefficient (Wildman–Crippen LogP) is 4.17. The second kappa shape index (κ2) is 8.68. The molecule has 3 aromatic rings. The molecule has 29 heavy (non-hydrogen) atoms. The Morgan fingerprint density at radius 2 is 2.14 bits per heavy atom. The highest BCUT2D eigenvalue weighted by molar-refractivity contribution is 5.95. The van der Waals surface area contributed by atoms with E-state index in [1.54, 1.807) is 0 Å². The zero-order chi connectivity index (χ0) is 20.2. The van der Waals surface area contributed by atoms with E-state index in [2.05, 4.69) is 31.1 Å². The Morgan fingerprint density at radius 1 is 1.31 bits per heavy atom. The van der Waals surface area contributed by atoms with Gasteiger partial charge in [0.1, 0.15) is 0 Å². The third-order valence-electron chi connectivity index (χ3n) is 5.97. The third kappa shape index (κ3) is 4.44. The molecule has 0 spiro atoms. The lowest BCUT2D eigenvalue weighted by Crippen LogP contribution is -2.43. The van der Waals surface area contributed by atoms with Crippen molar-refractivity contribution in [3.8, 4) is 0 Å². The molecule has 0 aliphatic heterocycles. The quantitative estimate of drug-likeness (QED) is 0.590. The number of anilines is 1. The van der Waals surface area contributed by atoms with Gasteiger partial charge in [0.15, 0.2) is 0 Å². The Balaban J connectivity index is 1.44. The molecule has 7 nitrogen and oxygen atoms in total. The van der Waals surface area contributed by atoms with Crippen molar-refractivity contribution in [1.82, 2.24) is 25.1 Å². The van der Waals surface area contributed by atoms with E-state index in [1.165, 1.54) is 25.7 Å². The summed E-state index contributed by atoms with van der Waals surface area (Å²) in [4.78, 5) is 19.2. The van der Waals surface area contributed by atoms with Gasteiger partial charge in [0.05, 0.1) is 11.8 Å². The fourth-order valence-corrected chi connectivity index (χ4v) is 4.21. The number of aryl methyl sites for hydroxylation is 3. The Hall–Kier alpha value is -2.83. The molecule has 4 rings (SSSR count). The largest absolute Gasteiger partial charge is 0.338 e. The molecule has 0 saturated heterocycles. The van der Waals surface area contributed by atoms with E-state index < -0.39 is 0 Å². The smallest absolute Gasteiger partial charge is 0.321 e. The van der Waals surface area contributed by atoms with Gasteiger partial charge in [-0.3, -0.25) is 10.00 Å². The van der Waals surface area contributed by atoms with Crippen LogP contribution in [0.3, 0.4) is 0 Å². The molecule has 1 saturated carbocycles. The number of nitrogens with one attached hydrogen (secondary N) is 2. The van der Waals surface area contributed by atoms with Crippen molar-refractivity contribution in [2.24, 2.45) is 5.92 Å². The van der Waals surface area contributed by atoms with E-state index in [0.29, 0.717) is 12.5 Å². The molecule has 2 N–H and O–H groups in total. The van der Waals surface area contributed by atoms with Gasteiger partial charge in [0.25, 0.3) is 0 Å². The molecule has 1 aliphatic carbocycles. The summed E-state index contributed by atoms with van der Waals surface area (Å²) in [6, 6.07) is 6.06. The number of imidazole rings is 1. The molecule has 0 unspecified atom stereocenters. The minimum Gasteiger partial charge on any atom is -0.338 e. The number of carbonyl (C=O) groups excluding carboxylic acids is 1. The topological polar surface area (TPSA) is 78.8 Å². The van der Waals surface area contributed by atoms with E-state index in [0.717, 1.165) is 47.5 Å². The van der Waals surface area contributed by atoms with Crippen LogP contribution in [0.4, 0.5) is 10.5 Å². The molecular formula is C22H30N6O. The minimum atomic E-state index is -0.0141. The fraction of sp³-hybridized carbons (Fsp3) is 0.500. The second-order valence-corrected chi connectivity index (χ2v) is 8.13. The molecular weight excluding hydrogens is 364 g/mol. The summed E-state index contributed by atoms with van der Waals surface area (Å²) in [5, 5.41) is 11.5. The lowest BCUT2D eigenvalue weighted by atomic mass is 10.1. The van der Waals surface area contributed by atoms with Gasteiger partial charge in [0.2, 0.25) is 0 Å². The van der Waals surface area contributed by atoms with Crippen molar-refractivity contribution >= 4 is 22.6 Å². The highest BCUT2D eigenvalue weighted by atomic mass is 16.2. The Kier molecular flexibility index (Phi) is 5.83. The number of amides is 2.